The molecule has 1 unspecified atom stereocenters. The van der Waals surface area contributed by atoms with Gasteiger partial charge in [-0.05, 0) is 72.1 Å². The number of hydrogen-bond acceptors (Lipinski definition) is 10. The molecule has 262 valence electrons. The minimum atomic E-state index is -4.49. The van der Waals surface area contributed by atoms with Crippen LogP contribution in [0.25, 0.3) is 27.9 Å². The predicted octanol–water partition coefficient (Wildman–Crippen LogP) is 5.68. The van der Waals surface area contributed by atoms with E-state index in [-0.39, 0.29) is 34.4 Å². The number of phosphoric ester groups is 1. The van der Waals surface area contributed by atoms with Gasteiger partial charge in [0, 0.05) is 28.8 Å². The molecule has 14 nitrogen and oxygen atoms in total. The standard InChI is InChI=1S/C30H33F4N8O6P/c1-28(2,3)47-49(45,48-29(4,5)6)46-15-40-13-20(26(43)38-27(40)44)22-10-19(25-35-12-23(31)42(25)39-22)17-9-18(17)21-8-7-16-11-36-41(24(16)37-21)14-30(32,33)34/h7-8,10-13,17-18H,9,14-15H2,1-6H3,(H,38,43,44)/t17?,18-/m1/s1. The monoisotopic (exact) mass is 708 g/mol. The van der Waals surface area contributed by atoms with E-state index in [1.54, 1.807) is 53.7 Å². The number of hydrogen-bond donors (Lipinski definition) is 1. The number of fused-ring (bicyclic) bond motifs is 2. The fourth-order valence-electron chi connectivity index (χ4n) is 5.36. The Hall–Kier alpha value is -4.25. The lowest BCUT2D eigenvalue weighted by atomic mass is 10.1. The highest BCUT2D eigenvalue weighted by Gasteiger charge is 2.43. The van der Waals surface area contributed by atoms with Crippen molar-refractivity contribution in [3.8, 4) is 11.3 Å². The first kappa shape index (κ1) is 34.6. The minimum absolute atomic E-state index is 0.0215. The summed E-state index contributed by atoms with van der Waals surface area (Å²) in [5.74, 6) is -1.39. The molecule has 0 aromatic carbocycles. The predicted molar refractivity (Wildman–Crippen MR) is 167 cm³/mol. The first-order valence-electron chi connectivity index (χ1n) is 15.1. The van der Waals surface area contributed by atoms with Crippen molar-refractivity contribution >= 4 is 24.5 Å². The van der Waals surface area contributed by atoms with Crippen LogP contribution in [-0.2, 0) is 31.4 Å². The molecular weight excluding hydrogens is 675 g/mol. The van der Waals surface area contributed by atoms with Crippen molar-refractivity contribution in [1.29, 1.82) is 0 Å². The van der Waals surface area contributed by atoms with Crippen LogP contribution >= 0.6 is 7.82 Å². The van der Waals surface area contributed by atoms with E-state index in [4.69, 9.17) is 13.6 Å². The van der Waals surface area contributed by atoms with Crippen LogP contribution in [-0.4, -0.2) is 56.3 Å². The number of phosphoric acid groups is 1. The van der Waals surface area contributed by atoms with E-state index in [1.165, 1.54) is 12.3 Å². The number of nitrogens with one attached hydrogen (secondary N) is 1. The van der Waals surface area contributed by atoms with Gasteiger partial charge >= 0.3 is 19.7 Å². The maximum Gasteiger partial charge on any atom is 0.477 e. The van der Waals surface area contributed by atoms with E-state index in [0.717, 1.165) is 26.2 Å². The molecule has 1 fully saturated rings. The fraction of sp³-hybridized carbons (Fsp3) is 0.467. The molecule has 0 amide bonds. The third kappa shape index (κ3) is 7.66. The third-order valence-electron chi connectivity index (χ3n) is 7.27. The van der Waals surface area contributed by atoms with Crippen LogP contribution in [0.3, 0.4) is 0 Å². The minimum Gasteiger partial charge on any atom is -0.281 e. The molecule has 5 aromatic heterocycles. The number of rotatable bonds is 9. The van der Waals surface area contributed by atoms with Gasteiger partial charge in [0.2, 0.25) is 5.95 Å². The van der Waals surface area contributed by atoms with Crippen LogP contribution in [0.15, 0.2) is 46.4 Å². The summed E-state index contributed by atoms with van der Waals surface area (Å²) in [5, 5.41) is 8.52. The smallest absolute Gasteiger partial charge is 0.281 e. The lowest BCUT2D eigenvalue weighted by Crippen LogP contribution is -2.32. The topological polar surface area (TPSA) is 161 Å². The van der Waals surface area contributed by atoms with Gasteiger partial charge in [0.25, 0.3) is 5.56 Å². The summed E-state index contributed by atoms with van der Waals surface area (Å²) in [6.07, 6.45) is -0.582. The van der Waals surface area contributed by atoms with Gasteiger partial charge in [0.1, 0.15) is 13.3 Å². The number of aromatic amines is 1. The molecular formula is C30H33F4N8O6P. The van der Waals surface area contributed by atoms with Crippen molar-refractivity contribution < 1.29 is 35.7 Å². The van der Waals surface area contributed by atoms with E-state index >= 15 is 0 Å². The molecule has 6 rings (SSSR count). The van der Waals surface area contributed by atoms with Crippen LogP contribution in [0, 0.1) is 5.95 Å². The van der Waals surface area contributed by atoms with Gasteiger partial charge in [0.05, 0.1) is 34.9 Å². The molecule has 1 aliphatic rings. The number of H-pyrrole nitrogens is 1. The summed E-state index contributed by atoms with van der Waals surface area (Å²) < 4.78 is 87.1. The van der Waals surface area contributed by atoms with Crippen molar-refractivity contribution in [3.63, 3.8) is 0 Å². The number of alkyl halides is 3. The number of pyridine rings is 1. The average molecular weight is 709 g/mol. The van der Waals surface area contributed by atoms with Crippen LogP contribution < -0.4 is 11.2 Å². The Bertz CT molecular complexity index is 2210. The third-order valence-corrected chi connectivity index (χ3v) is 9.25. The molecule has 2 atom stereocenters. The summed E-state index contributed by atoms with van der Waals surface area (Å²) >= 11 is 0. The molecule has 49 heavy (non-hydrogen) atoms. The second-order valence-corrected chi connectivity index (χ2v) is 15.2. The maximum atomic E-state index is 14.9. The molecule has 0 aliphatic heterocycles. The number of nitrogens with zero attached hydrogens (tertiary/aromatic N) is 7. The Morgan fingerprint density at radius 3 is 2.35 bits per heavy atom. The molecule has 0 saturated heterocycles. The maximum absolute atomic E-state index is 14.9. The van der Waals surface area contributed by atoms with E-state index in [0.29, 0.717) is 23.1 Å². The van der Waals surface area contributed by atoms with Crippen molar-refractivity contribution in [2.45, 2.75) is 90.5 Å². The van der Waals surface area contributed by atoms with Gasteiger partial charge in [-0.1, -0.05) is 0 Å². The second kappa shape index (κ2) is 12.0. The van der Waals surface area contributed by atoms with E-state index < -0.39 is 55.7 Å². The Balaban J connectivity index is 1.34. The lowest BCUT2D eigenvalue weighted by molar-refractivity contribution is -0.141. The normalized spacial score (nSPS) is 17.3. The van der Waals surface area contributed by atoms with Gasteiger partial charge in [-0.2, -0.15) is 32.3 Å². The van der Waals surface area contributed by atoms with Crippen LogP contribution in [0.1, 0.15) is 71.1 Å². The molecule has 5 aromatic rings. The Morgan fingerprint density at radius 1 is 1.00 bits per heavy atom. The number of halogens is 4. The number of imidazole rings is 1. The van der Waals surface area contributed by atoms with Gasteiger partial charge < -0.3 is 0 Å². The SMILES string of the molecule is CC(C)(C)OP(=O)(OCn1cc(-c2cc(C3C[C@H]3c3ccc4cnn(CC(F)(F)F)c4n3)c3ncc(F)n3n2)c(=O)[nH]c1=O)OC(C)(C)C. The van der Waals surface area contributed by atoms with Crippen molar-refractivity contribution in [2.24, 2.45) is 0 Å². The molecule has 0 bridgehead atoms. The van der Waals surface area contributed by atoms with Crippen molar-refractivity contribution in [3.05, 3.63) is 74.8 Å². The fourth-order valence-corrected chi connectivity index (χ4v) is 7.11. The van der Waals surface area contributed by atoms with E-state index in [1.807, 2.05) is 0 Å². The highest BCUT2D eigenvalue weighted by molar-refractivity contribution is 7.48. The van der Waals surface area contributed by atoms with E-state index in [9.17, 15) is 31.7 Å². The molecule has 19 heteroatoms. The van der Waals surface area contributed by atoms with Crippen LogP contribution in [0.2, 0.25) is 0 Å². The van der Waals surface area contributed by atoms with Crippen molar-refractivity contribution in [1.82, 2.24) is 38.9 Å². The average Bonchev–Trinajstić information content (AvgIpc) is 3.53. The van der Waals surface area contributed by atoms with Gasteiger partial charge in [-0.3, -0.25) is 27.9 Å². The zero-order valence-electron chi connectivity index (χ0n) is 27.3. The zero-order valence-corrected chi connectivity index (χ0v) is 28.2. The largest absolute Gasteiger partial charge is 0.477 e. The lowest BCUT2D eigenvalue weighted by Gasteiger charge is -2.30. The summed E-state index contributed by atoms with van der Waals surface area (Å²) in [5.41, 5.74) is -2.53. The van der Waals surface area contributed by atoms with Gasteiger partial charge in [-0.25, -0.2) is 24.0 Å². The number of aromatic nitrogens is 8. The molecule has 1 saturated carbocycles. The van der Waals surface area contributed by atoms with Crippen LogP contribution in [0.5, 0.6) is 0 Å². The van der Waals surface area contributed by atoms with Gasteiger partial charge in [-0.15, -0.1) is 0 Å². The highest BCUT2D eigenvalue weighted by atomic mass is 31.2. The summed E-state index contributed by atoms with van der Waals surface area (Å²) in [6, 6.07) is 4.87. The highest BCUT2D eigenvalue weighted by Crippen LogP contribution is 2.56. The molecule has 1 aliphatic carbocycles. The second-order valence-electron chi connectivity index (χ2n) is 13.7. The van der Waals surface area contributed by atoms with E-state index in [2.05, 4.69) is 25.1 Å². The van der Waals surface area contributed by atoms with Crippen LogP contribution in [0.4, 0.5) is 17.6 Å². The molecule has 5 heterocycles. The zero-order chi connectivity index (χ0) is 35.7. The molecule has 0 radical (unpaired) electrons. The first-order valence-corrected chi connectivity index (χ1v) is 16.6. The summed E-state index contributed by atoms with van der Waals surface area (Å²) in [6.45, 7) is 7.95. The summed E-state index contributed by atoms with van der Waals surface area (Å²) in [4.78, 5) is 36.7. The molecule has 0 spiro atoms. The quantitative estimate of drug-likeness (QED) is 0.149. The first-order chi connectivity index (χ1) is 22.7. The Morgan fingerprint density at radius 2 is 1.69 bits per heavy atom. The Labute approximate surface area is 275 Å². The van der Waals surface area contributed by atoms with Gasteiger partial charge in [0.15, 0.2) is 11.3 Å². The molecule has 1 N–H and O–H groups in total. The Kier molecular flexibility index (Phi) is 8.45. The van der Waals surface area contributed by atoms with Crippen molar-refractivity contribution in [2.75, 3.05) is 0 Å². The summed E-state index contributed by atoms with van der Waals surface area (Å²) in [7, 11) is -4.25.